The zero-order valence-electron chi connectivity index (χ0n) is 11.5. The van der Waals surface area contributed by atoms with Gasteiger partial charge in [0, 0.05) is 12.6 Å². The van der Waals surface area contributed by atoms with Gasteiger partial charge in [-0.2, -0.15) is 0 Å². The normalized spacial score (nSPS) is 20.6. The first-order chi connectivity index (χ1) is 9.63. The highest BCUT2D eigenvalue weighted by Crippen LogP contribution is 2.17. The Morgan fingerprint density at radius 1 is 1.45 bits per heavy atom. The molecule has 0 spiro atoms. The highest BCUT2D eigenvalue weighted by atomic mass is 32.2. The minimum Gasteiger partial charge on any atom is -0.395 e. The molecule has 1 aromatic rings. The maximum atomic E-state index is 11.9. The Bertz CT molecular complexity index is 488. The first-order valence-electron chi connectivity index (χ1n) is 7.01. The van der Waals surface area contributed by atoms with Gasteiger partial charge in [-0.25, -0.2) is 13.1 Å². The van der Waals surface area contributed by atoms with Gasteiger partial charge in [-0.1, -0.05) is 6.07 Å². The number of sulfonamides is 1. The third-order valence-electron chi connectivity index (χ3n) is 3.63. The molecule has 114 valence electrons. The standard InChI is InChI=1S/C13H22N2O3S2/c16-11-12-5-3-9-15(12)8-2-1-7-14-20(17,18)13-6-4-10-19-13/h4,6,10,12,14,16H,1-3,5,7-9,11H2. The van der Waals surface area contributed by atoms with Crippen LogP contribution in [0.5, 0.6) is 0 Å². The molecule has 20 heavy (non-hydrogen) atoms. The van der Waals surface area contributed by atoms with Gasteiger partial charge in [0.25, 0.3) is 0 Å². The van der Waals surface area contributed by atoms with E-state index in [9.17, 15) is 13.5 Å². The van der Waals surface area contributed by atoms with E-state index in [0.29, 0.717) is 16.8 Å². The molecule has 1 saturated heterocycles. The summed E-state index contributed by atoms with van der Waals surface area (Å²) in [6.07, 6.45) is 3.99. The molecular weight excluding hydrogens is 296 g/mol. The molecule has 5 nitrogen and oxygen atoms in total. The second-order valence-electron chi connectivity index (χ2n) is 5.05. The predicted molar refractivity (Wildman–Crippen MR) is 80.4 cm³/mol. The maximum absolute atomic E-state index is 11.9. The van der Waals surface area contributed by atoms with Gasteiger partial charge in [-0.05, 0) is 50.2 Å². The molecule has 0 bridgehead atoms. The fourth-order valence-corrected chi connectivity index (χ4v) is 4.64. The number of unbranched alkanes of at least 4 members (excludes halogenated alkanes) is 1. The van der Waals surface area contributed by atoms with Crippen LogP contribution < -0.4 is 4.72 Å². The lowest BCUT2D eigenvalue weighted by atomic mass is 10.2. The van der Waals surface area contributed by atoms with Gasteiger partial charge in [0.05, 0.1) is 6.61 Å². The molecule has 7 heteroatoms. The summed E-state index contributed by atoms with van der Waals surface area (Å²) in [6, 6.07) is 3.66. The molecular formula is C13H22N2O3S2. The smallest absolute Gasteiger partial charge is 0.250 e. The quantitative estimate of drug-likeness (QED) is 0.708. The van der Waals surface area contributed by atoms with Gasteiger partial charge >= 0.3 is 0 Å². The maximum Gasteiger partial charge on any atom is 0.250 e. The summed E-state index contributed by atoms with van der Waals surface area (Å²) in [5, 5.41) is 11.0. The number of nitrogens with zero attached hydrogens (tertiary/aromatic N) is 1. The Morgan fingerprint density at radius 3 is 3.00 bits per heavy atom. The fraction of sp³-hybridized carbons (Fsp3) is 0.692. The van der Waals surface area contributed by atoms with E-state index in [-0.39, 0.29) is 6.61 Å². The third-order valence-corrected chi connectivity index (χ3v) is 6.49. The van der Waals surface area contributed by atoms with E-state index in [0.717, 1.165) is 38.8 Å². The van der Waals surface area contributed by atoms with Crippen LogP contribution in [0, 0.1) is 0 Å². The molecule has 0 aliphatic carbocycles. The number of thiophene rings is 1. The Kier molecular flexibility index (Phi) is 5.98. The lowest BCUT2D eigenvalue weighted by Crippen LogP contribution is -2.33. The zero-order valence-corrected chi connectivity index (χ0v) is 13.1. The number of hydrogen-bond acceptors (Lipinski definition) is 5. The minimum atomic E-state index is -3.32. The first kappa shape index (κ1) is 15.9. The Hall–Kier alpha value is -0.470. The lowest BCUT2D eigenvalue weighted by molar-refractivity contribution is 0.157. The van der Waals surface area contributed by atoms with E-state index in [4.69, 9.17) is 0 Å². The van der Waals surface area contributed by atoms with E-state index in [1.54, 1.807) is 17.5 Å². The summed E-state index contributed by atoms with van der Waals surface area (Å²) in [5.41, 5.74) is 0. The molecule has 1 aliphatic rings. The van der Waals surface area contributed by atoms with Gasteiger partial charge in [0.15, 0.2) is 0 Å². The summed E-state index contributed by atoms with van der Waals surface area (Å²) in [7, 11) is -3.32. The average Bonchev–Trinajstić information content (AvgIpc) is 3.09. The predicted octanol–water partition coefficient (Wildman–Crippen LogP) is 1.26. The summed E-state index contributed by atoms with van der Waals surface area (Å²) in [5.74, 6) is 0. The largest absolute Gasteiger partial charge is 0.395 e. The van der Waals surface area contributed by atoms with Gasteiger partial charge in [-0.3, -0.25) is 4.90 Å². The molecule has 1 unspecified atom stereocenters. The minimum absolute atomic E-state index is 0.227. The van der Waals surface area contributed by atoms with Crippen molar-refractivity contribution in [1.82, 2.24) is 9.62 Å². The van der Waals surface area contributed by atoms with Crippen LogP contribution in [0.2, 0.25) is 0 Å². The lowest BCUT2D eigenvalue weighted by Gasteiger charge is -2.22. The van der Waals surface area contributed by atoms with Crippen LogP contribution in [-0.2, 0) is 10.0 Å². The van der Waals surface area contributed by atoms with E-state index in [2.05, 4.69) is 9.62 Å². The van der Waals surface area contributed by atoms with Crippen molar-refractivity contribution < 1.29 is 13.5 Å². The molecule has 2 heterocycles. The molecule has 0 amide bonds. The molecule has 2 rings (SSSR count). The second-order valence-corrected chi connectivity index (χ2v) is 7.99. The van der Waals surface area contributed by atoms with E-state index in [1.807, 2.05) is 0 Å². The summed E-state index contributed by atoms with van der Waals surface area (Å²) in [6.45, 7) is 2.68. The molecule has 1 aromatic heterocycles. The summed E-state index contributed by atoms with van der Waals surface area (Å²) >= 11 is 1.23. The van der Waals surface area contributed by atoms with Crippen LogP contribution >= 0.6 is 11.3 Å². The van der Waals surface area contributed by atoms with Crippen LogP contribution in [-0.4, -0.2) is 50.7 Å². The van der Waals surface area contributed by atoms with Crippen molar-refractivity contribution in [1.29, 1.82) is 0 Å². The molecule has 1 fully saturated rings. The first-order valence-corrected chi connectivity index (χ1v) is 9.38. The molecule has 1 atom stereocenters. The SMILES string of the molecule is O=S(=O)(NCCCCN1CCCC1CO)c1cccs1. The highest BCUT2D eigenvalue weighted by Gasteiger charge is 2.22. The van der Waals surface area contributed by atoms with E-state index < -0.39 is 10.0 Å². The Morgan fingerprint density at radius 2 is 2.30 bits per heavy atom. The van der Waals surface area contributed by atoms with Crippen LogP contribution in [0.3, 0.4) is 0 Å². The van der Waals surface area contributed by atoms with E-state index in [1.165, 1.54) is 11.3 Å². The van der Waals surface area contributed by atoms with Crippen molar-refractivity contribution >= 4 is 21.4 Å². The second kappa shape index (κ2) is 7.51. The molecule has 1 aliphatic heterocycles. The van der Waals surface area contributed by atoms with Crippen molar-refractivity contribution in [3.63, 3.8) is 0 Å². The summed E-state index contributed by atoms with van der Waals surface area (Å²) in [4.78, 5) is 2.30. The molecule has 2 N–H and O–H groups in total. The molecule has 0 radical (unpaired) electrons. The Balaban J connectivity index is 1.65. The number of nitrogens with one attached hydrogen (secondary N) is 1. The van der Waals surface area contributed by atoms with Crippen molar-refractivity contribution in [2.45, 2.75) is 35.9 Å². The van der Waals surface area contributed by atoms with Crippen molar-refractivity contribution in [2.24, 2.45) is 0 Å². The highest BCUT2D eigenvalue weighted by molar-refractivity contribution is 7.91. The van der Waals surface area contributed by atoms with E-state index >= 15 is 0 Å². The van der Waals surface area contributed by atoms with Crippen LogP contribution in [0.25, 0.3) is 0 Å². The zero-order chi connectivity index (χ0) is 14.4. The van der Waals surface area contributed by atoms with Crippen molar-refractivity contribution in [2.75, 3.05) is 26.2 Å². The third kappa shape index (κ3) is 4.26. The Labute approximate surface area is 124 Å². The number of aliphatic hydroxyl groups is 1. The van der Waals surface area contributed by atoms with Gasteiger partial charge < -0.3 is 5.11 Å². The molecule has 0 aromatic carbocycles. The van der Waals surface area contributed by atoms with Crippen LogP contribution in [0.15, 0.2) is 21.7 Å². The monoisotopic (exact) mass is 318 g/mol. The van der Waals surface area contributed by atoms with Crippen molar-refractivity contribution in [3.8, 4) is 0 Å². The number of likely N-dealkylation sites (tertiary alicyclic amines) is 1. The van der Waals surface area contributed by atoms with Crippen LogP contribution in [0.1, 0.15) is 25.7 Å². The summed E-state index contributed by atoms with van der Waals surface area (Å²) < 4.78 is 26.7. The number of hydrogen-bond donors (Lipinski definition) is 2. The molecule has 0 saturated carbocycles. The van der Waals surface area contributed by atoms with Gasteiger partial charge in [-0.15, -0.1) is 11.3 Å². The van der Waals surface area contributed by atoms with Crippen molar-refractivity contribution in [3.05, 3.63) is 17.5 Å². The number of aliphatic hydroxyl groups excluding tert-OH is 1. The number of rotatable bonds is 8. The van der Waals surface area contributed by atoms with Crippen LogP contribution in [0.4, 0.5) is 0 Å². The average molecular weight is 318 g/mol. The van der Waals surface area contributed by atoms with Gasteiger partial charge in [0.2, 0.25) is 10.0 Å². The topological polar surface area (TPSA) is 69.6 Å². The van der Waals surface area contributed by atoms with Gasteiger partial charge in [0.1, 0.15) is 4.21 Å². The fourth-order valence-electron chi connectivity index (χ4n) is 2.53.